The van der Waals surface area contributed by atoms with Gasteiger partial charge >= 0.3 is 6.09 Å². The average molecular weight is 362 g/mol. The number of hydrogen-bond acceptors (Lipinski definition) is 4. The Hall–Kier alpha value is -1.01. The second-order valence-corrected chi connectivity index (χ2v) is 5.98. The van der Waals surface area contributed by atoms with Gasteiger partial charge in [-0.3, -0.25) is 4.90 Å². The van der Waals surface area contributed by atoms with Crippen molar-refractivity contribution >= 4 is 30.9 Å². The Morgan fingerprint density at radius 3 is 2.52 bits per heavy atom. The predicted octanol–water partition coefficient (Wildman–Crippen LogP) is 2.13. The summed E-state index contributed by atoms with van der Waals surface area (Å²) in [5, 5.41) is 0. The van der Waals surface area contributed by atoms with Crippen molar-refractivity contribution in [2.24, 2.45) is 11.7 Å². The first-order valence-electron chi connectivity index (χ1n) is 7.66. The van der Waals surface area contributed by atoms with Gasteiger partial charge in [-0.2, -0.15) is 0 Å². The van der Waals surface area contributed by atoms with Gasteiger partial charge in [-0.15, -0.1) is 24.8 Å². The highest BCUT2D eigenvalue weighted by Gasteiger charge is 2.36. The number of amides is 1. The molecule has 7 heteroatoms. The lowest BCUT2D eigenvalue weighted by molar-refractivity contribution is 0.0567. The van der Waals surface area contributed by atoms with Gasteiger partial charge in [-0.25, -0.2) is 4.79 Å². The van der Waals surface area contributed by atoms with Crippen LogP contribution in [0.1, 0.15) is 12.0 Å². The highest BCUT2D eigenvalue weighted by molar-refractivity contribution is 5.85. The smallest absolute Gasteiger partial charge is 0.410 e. The Morgan fingerprint density at radius 2 is 1.87 bits per heavy atom. The zero-order valence-electron chi connectivity index (χ0n) is 13.1. The van der Waals surface area contributed by atoms with E-state index in [1.54, 1.807) is 0 Å². The first-order chi connectivity index (χ1) is 10.3. The van der Waals surface area contributed by atoms with E-state index in [-0.39, 0.29) is 30.9 Å². The molecule has 130 valence electrons. The molecule has 2 fully saturated rings. The van der Waals surface area contributed by atoms with Crippen molar-refractivity contribution < 1.29 is 9.53 Å². The van der Waals surface area contributed by atoms with E-state index in [0.29, 0.717) is 18.6 Å². The number of nitrogens with two attached hydrogens (primary N) is 1. The van der Waals surface area contributed by atoms with Crippen molar-refractivity contribution in [1.29, 1.82) is 0 Å². The van der Waals surface area contributed by atoms with Gasteiger partial charge in [0, 0.05) is 32.2 Å². The Balaban J connectivity index is 0.00000132. The molecular formula is C16H25Cl2N3O2. The van der Waals surface area contributed by atoms with Crippen LogP contribution in [-0.4, -0.2) is 54.7 Å². The SMILES string of the molecule is Cl.Cl.NCC1CN(C2CCN(C(=O)OCc3ccccc3)C2)C1. The minimum Gasteiger partial charge on any atom is -0.445 e. The monoisotopic (exact) mass is 361 g/mol. The lowest BCUT2D eigenvalue weighted by Crippen LogP contribution is -2.55. The number of hydrogen-bond donors (Lipinski definition) is 1. The zero-order valence-corrected chi connectivity index (χ0v) is 14.7. The molecule has 1 aromatic rings. The molecule has 0 aliphatic carbocycles. The van der Waals surface area contributed by atoms with Crippen molar-refractivity contribution in [1.82, 2.24) is 9.80 Å². The van der Waals surface area contributed by atoms with Gasteiger partial charge < -0.3 is 15.4 Å². The van der Waals surface area contributed by atoms with Crippen molar-refractivity contribution in [3.8, 4) is 0 Å². The minimum atomic E-state index is -0.197. The number of carbonyl (C=O) groups excluding carboxylic acids is 1. The van der Waals surface area contributed by atoms with Gasteiger partial charge in [0.2, 0.25) is 0 Å². The van der Waals surface area contributed by atoms with Crippen LogP contribution in [0.4, 0.5) is 4.79 Å². The summed E-state index contributed by atoms with van der Waals surface area (Å²) in [5.74, 6) is 0.643. The molecule has 0 bridgehead atoms. The number of benzene rings is 1. The third-order valence-corrected chi connectivity index (χ3v) is 4.46. The number of ether oxygens (including phenoxy) is 1. The van der Waals surface area contributed by atoms with Crippen LogP contribution in [0, 0.1) is 5.92 Å². The number of likely N-dealkylation sites (tertiary alicyclic amines) is 2. The maximum absolute atomic E-state index is 12.1. The first kappa shape index (κ1) is 20.0. The molecule has 2 aliphatic heterocycles. The average Bonchev–Trinajstić information content (AvgIpc) is 2.94. The highest BCUT2D eigenvalue weighted by atomic mass is 35.5. The number of carbonyl (C=O) groups is 1. The maximum Gasteiger partial charge on any atom is 0.410 e. The van der Waals surface area contributed by atoms with Gasteiger partial charge in [0.1, 0.15) is 6.61 Å². The van der Waals surface area contributed by atoms with Gasteiger partial charge in [0.25, 0.3) is 0 Å². The normalized spacial score (nSPS) is 21.1. The van der Waals surface area contributed by atoms with Crippen LogP contribution in [0.25, 0.3) is 0 Å². The second-order valence-electron chi connectivity index (χ2n) is 5.98. The topological polar surface area (TPSA) is 58.8 Å². The lowest BCUT2D eigenvalue weighted by atomic mass is 9.97. The molecule has 0 saturated carbocycles. The summed E-state index contributed by atoms with van der Waals surface area (Å²) in [4.78, 5) is 16.3. The molecule has 3 rings (SSSR count). The van der Waals surface area contributed by atoms with E-state index in [1.165, 1.54) is 0 Å². The van der Waals surface area contributed by atoms with Crippen molar-refractivity contribution in [2.75, 3.05) is 32.7 Å². The van der Waals surface area contributed by atoms with Crippen LogP contribution in [-0.2, 0) is 11.3 Å². The standard InChI is InChI=1S/C16H23N3O2.2ClH/c17-8-14-9-19(10-14)15-6-7-18(11-15)16(20)21-12-13-4-2-1-3-5-13;;/h1-5,14-15H,6-12,17H2;2*1H. The van der Waals surface area contributed by atoms with Gasteiger partial charge in [0.05, 0.1) is 0 Å². The molecule has 1 atom stereocenters. The van der Waals surface area contributed by atoms with Crippen LogP contribution >= 0.6 is 24.8 Å². The predicted molar refractivity (Wildman–Crippen MR) is 95.2 cm³/mol. The number of rotatable bonds is 4. The molecule has 0 spiro atoms. The largest absolute Gasteiger partial charge is 0.445 e. The summed E-state index contributed by atoms with van der Waals surface area (Å²) in [6.07, 6.45) is 0.842. The van der Waals surface area contributed by atoms with Crippen LogP contribution in [0.5, 0.6) is 0 Å². The summed E-state index contributed by atoms with van der Waals surface area (Å²) in [5.41, 5.74) is 6.68. The van der Waals surface area contributed by atoms with E-state index < -0.39 is 0 Å². The molecule has 2 saturated heterocycles. The fourth-order valence-corrected chi connectivity index (χ4v) is 3.07. The fourth-order valence-electron chi connectivity index (χ4n) is 3.07. The van der Waals surface area contributed by atoms with Crippen LogP contribution in [0.2, 0.25) is 0 Å². The van der Waals surface area contributed by atoms with E-state index in [2.05, 4.69) is 4.90 Å². The van der Waals surface area contributed by atoms with Crippen LogP contribution < -0.4 is 5.73 Å². The highest BCUT2D eigenvalue weighted by Crippen LogP contribution is 2.24. The molecule has 23 heavy (non-hydrogen) atoms. The Morgan fingerprint density at radius 1 is 1.17 bits per heavy atom. The molecule has 5 nitrogen and oxygen atoms in total. The molecular weight excluding hydrogens is 337 g/mol. The van der Waals surface area contributed by atoms with Crippen molar-refractivity contribution in [3.63, 3.8) is 0 Å². The molecule has 2 heterocycles. The van der Waals surface area contributed by atoms with Gasteiger partial charge in [-0.05, 0) is 24.4 Å². The molecule has 1 amide bonds. The van der Waals surface area contributed by atoms with Crippen molar-refractivity contribution in [3.05, 3.63) is 35.9 Å². The van der Waals surface area contributed by atoms with E-state index in [1.807, 2.05) is 35.2 Å². The van der Waals surface area contributed by atoms with Crippen LogP contribution in [0.15, 0.2) is 30.3 Å². The molecule has 2 N–H and O–H groups in total. The molecule has 1 unspecified atom stereocenters. The molecule has 2 aliphatic rings. The summed E-state index contributed by atoms with van der Waals surface area (Å²) in [7, 11) is 0. The second kappa shape index (κ2) is 9.33. The van der Waals surface area contributed by atoms with E-state index in [9.17, 15) is 4.79 Å². The Labute approximate surface area is 150 Å². The number of nitrogens with zero attached hydrogens (tertiary/aromatic N) is 2. The molecule has 0 aromatic heterocycles. The van der Waals surface area contributed by atoms with Gasteiger partial charge in [0.15, 0.2) is 0 Å². The minimum absolute atomic E-state index is 0. The van der Waals surface area contributed by atoms with Crippen molar-refractivity contribution in [2.45, 2.75) is 19.1 Å². The molecule has 0 radical (unpaired) electrons. The fraction of sp³-hybridized carbons (Fsp3) is 0.562. The Kier molecular flexibility index (Phi) is 8.12. The lowest BCUT2D eigenvalue weighted by Gasteiger charge is -2.42. The van der Waals surface area contributed by atoms with Gasteiger partial charge in [-0.1, -0.05) is 30.3 Å². The quantitative estimate of drug-likeness (QED) is 0.892. The maximum atomic E-state index is 12.1. The molecule has 1 aromatic carbocycles. The number of halogens is 2. The summed E-state index contributed by atoms with van der Waals surface area (Å²) in [6.45, 7) is 4.85. The van der Waals surface area contributed by atoms with E-state index in [0.717, 1.165) is 44.7 Å². The summed E-state index contributed by atoms with van der Waals surface area (Å²) in [6, 6.07) is 10.3. The third kappa shape index (κ3) is 4.98. The Bertz CT molecular complexity index is 483. The zero-order chi connectivity index (χ0) is 14.7. The summed E-state index contributed by atoms with van der Waals surface area (Å²) >= 11 is 0. The third-order valence-electron chi connectivity index (χ3n) is 4.46. The summed E-state index contributed by atoms with van der Waals surface area (Å²) < 4.78 is 5.38. The van der Waals surface area contributed by atoms with E-state index in [4.69, 9.17) is 10.5 Å². The van der Waals surface area contributed by atoms with Crippen LogP contribution in [0.3, 0.4) is 0 Å². The first-order valence-corrected chi connectivity index (χ1v) is 7.66. The van der Waals surface area contributed by atoms with E-state index >= 15 is 0 Å².